The Labute approximate surface area is 98.2 Å². The van der Waals surface area contributed by atoms with Crippen LogP contribution in [0.4, 0.5) is 0 Å². The predicted molar refractivity (Wildman–Crippen MR) is 66.6 cm³/mol. The summed E-state index contributed by atoms with van der Waals surface area (Å²) in [7, 11) is 0. The molecule has 2 N–H and O–H groups in total. The van der Waals surface area contributed by atoms with Gasteiger partial charge in [-0.25, -0.2) is 0 Å². The molecule has 86 valence electrons. The van der Waals surface area contributed by atoms with E-state index in [1.165, 1.54) is 0 Å². The van der Waals surface area contributed by atoms with E-state index in [0.29, 0.717) is 6.61 Å². The van der Waals surface area contributed by atoms with Gasteiger partial charge < -0.3 is 10.5 Å². The lowest BCUT2D eigenvalue weighted by atomic mass is 9.88. The Hall–Kier alpha value is -0.730. The van der Waals surface area contributed by atoms with Crippen molar-refractivity contribution in [2.75, 3.05) is 6.61 Å². The molecule has 1 atom stereocenters. The molecule has 1 aromatic carbocycles. The molecule has 0 radical (unpaired) electrons. The minimum atomic E-state index is 0. The molecule has 0 saturated heterocycles. The van der Waals surface area contributed by atoms with Gasteiger partial charge in [-0.3, -0.25) is 0 Å². The molecule has 0 aliphatic rings. The molecule has 1 unspecified atom stereocenters. The van der Waals surface area contributed by atoms with Gasteiger partial charge in [-0.15, -0.1) is 12.4 Å². The number of rotatable bonds is 3. The first-order valence-electron chi connectivity index (χ1n) is 4.93. The summed E-state index contributed by atoms with van der Waals surface area (Å²) in [5.41, 5.74) is 6.07. The summed E-state index contributed by atoms with van der Waals surface area (Å²) in [6, 6.07) is 9.82. The molecule has 1 aromatic rings. The van der Waals surface area contributed by atoms with Crippen LogP contribution in [0.2, 0.25) is 0 Å². The normalized spacial score (nSPS) is 12.8. The van der Waals surface area contributed by atoms with Crippen molar-refractivity contribution in [3.05, 3.63) is 30.3 Å². The predicted octanol–water partition coefficient (Wildman–Crippen LogP) is 2.86. The van der Waals surface area contributed by atoms with Crippen molar-refractivity contribution in [3.8, 4) is 5.75 Å². The second kappa shape index (κ2) is 5.99. The van der Waals surface area contributed by atoms with Crippen LogP contribution in [0.1, 0.15) is 20.8 Å². The SMILES string of the molecule is CC(C)(C)C(N)COc1ccccc1.Cl. The molecule has 1 rings (SSSR count). The maximum absolute atomic E-state index is 5.97. The molecule has 0 bridgehead atoms. The molecule has 0 aromatic heterocycles. The standard InChI is InChI=1S/C12H19NO.ClH/c1-12(2,3)11(13)9-14-10-7-5-4-6-8-10;/h4-8,11H,9,13H2,1-3H3;1H. The lowest BCUT2D eigenvalue weighted by Gasteiger charge is -2.26. The van der Waals surface area contributed by atoms with E-state index in [1.54, 1.807) is 0 Å². The van der Waals surface area contributed by atoms with E-state index >= 15 is 0 Å². The number of nitrogens with two attached hydrogens (primary N) is 1. The largest absolute Gasteiger partial charge is 0.492 e. The summed E-state index contributed by atoms with van der Waals surface area (Å²) in [6.07, 6.45) is 0. The minimum absolute atomic E-state index is 0. The van der Waals surface area contributed by atoms with Crippen LogP contribution in [0.3, 0.4) is 0 Å². The highest BCUT2D eigenvalue weighted by molar-refractivity contribution is 5.85. The Bertz CT molecular complexity index is 269. The maximum Gasteiger partial charge on any atom is 0.119 e. The molecule has 0 saturated carbocycles. The molecule has 0 aliphatic heterocycles. The van der Waals surface area contributed by atoms with E-state index in [4.69, 9.17) is 10.5 Å². The van der Waals surface area contributed by atoms with Gasteiger partial charge in [0, 0.05) is 6.04 Å². The Morgan fingerprint density at radius 3 is 2.20 bits per heavy atom. The first-order valence-corrected chi connectivity index (χ1v) is 4.93. The number of hydrogen-bond acceptors (Lipinski definition) is 2. The van der Waals surface area contributed by atoms with Gasteiger partial charge >= 0.3 is 0 Å². The van der Waals surface area contributed by atoms with Gasteiger partial charge in [0.15, 0.2) is 0 Å². The zero-order valence-electron chi connectivity index (χ0n) is 9.57. The van der Waals surface area contributed by atoms with Crippen LogP contribution < -0.4 is 10.5 Å². The van der Waals surface area contributed by atoms with Crippen LogP contribution >= 0.6 is 12.4 Å². The van der Waals surface area contributed by atoms with Crippen molar-refractivity contribution >= 4 is 12.4 Å². The molecular weight excluding hydrogens is 210 g/mol. The number of ether oxygens (including phenoxy) is 1. The fourth-order valence-electron chi connectivity index (χ4n) is 0.953. The maximum atomic E-state index is 5.97. The molecule has 2 nitrogen and oxygen atoms in total. The van der Waals surface area contributed by atoms with Gasteiger partial charge in [-0.2, -0.15) is 0 Å². The zero-order chi connectivity index (χ0) is 10.6. The third-order valence-corrected chi connectivity index (χ3v) is 2.29. The fourth-order valence-corrected chi connectivity index (χ4v) is 0.953. The highest BCUT2D eigenvalue weighted by atomic mass is 35.5. The van der Waals surface area contributed by atoms with Crippen molar-refractivity contribution in [3.63, 3.8) is 0 Å². The van der Waals surface area contributed by atoms with Gasteiger partial charge in [-0.1, -0.05) is 39.0 Å². The topological polar surface area (TPSA) is 35.2 Å². The summed E-state index contributed by atoms with van der Waals surface area (Å²) in [5.74, 6) is 0.882. The van der Waals surface area contributed by atoms with Gasteiger partial charge in [0.25, 0.3) is 0 Å². The second-order valence-corrected chi connectivity index (χ2v) is 4.60. The zero-order valence-corrected chi connectivity index (χ0v) is 10.4. The van der Waals surface area contributed by atoms with Crippen molar-refractivity contribution < 1.29 is 4.74 Å². The van der Waals surface area contributed by atoms with Crippen molar-refractivity contribution in [1.82, 2.24) is 0 Å². The Kier molecular flexibility index (Phi) is 5.69. The van der Waals surface area contributed by atoms with Crippen LogP contribution in [-0.2, 0) is 0 Å². The lowest BCUT2D eigenvalue weighted by Crippen LogP contribution is -2.40. The number of hydrogen-bond donors (Lipinski definition) is 1. The molecule has 0 amide bonds. The second-order valence-electron chi connectivity index (χ2n) is 4.60. The Morgan fingerprint density at radius 1 is 1.20 bits per heavy atom. The van der Waals surface area contributed by atoms with Crippen LogP contribution in [0.5, 0.6) is 5.75 Å². The molecule has 0 fully saturated rings. The average Bonchev–Trinajstić information content (AvgIpc) is 2.14. The number of benzene rings is 1. The molecule has 0 spiro atoms. The number of halogens is 1. The quantitative estimate of drug-likeness (QED) is 0.865. The molecule has 0 aliphatic carbocycles. The van der Waals surface area contributed by atoms with Gasteiger partial charge in [0.1, 0.15) is 12.4 Å². The summed E-state index contributed by atoms with van der Waals surface area (Å²) < 4.78 is 5.57. The van der Waals surface area contributed by atoms with E-state index in [0.717, 1.165) is 5.75 Å². The minimum Gasteiger partial charge on any atom is -0.492 e. The van der Waals surface area contributed by atoms with E-state index in [9.17, 15) is 0 Å². The summed E-state index contributed by atoms with van der Waals surface area (Å²) >= 11 is 0. The first kappa shape index (κ1) is 14.3. The fraction of sp³-hybridized carbons (Fsp3) is 0.500. The smallest absolute Gasteiger partial charge is 0.119 e. The van der Waals surface area contributed by atoms with Crippen LogP contribution in [0.25, 0.3) is 0 Å². The Morgan fingerprint density at radius 2 is 1.73 bits per heavy atom. The highest BCUT2D eigenvalue weighted by Gasteiger charge is 2.20. The number of para-hydroxylation sites is 1. The van der Waals surface area contributed by atoms with Gasteiger partial charge in [-0.05, 0) is 17.5 Å². The van der Waals surface area contributed by atoms with Gasteiger partial charge in [0.05, 0.1) is 0 Å². The summed E-state index contributed by atoms with van der Waals surface area (Å²) in [6.45, 7) is 6.91. The molecule has 0 heterocycles. The first-order chi connectivity index (χ1) is 6.50. The van der Waals surface area contributed by atoms with Crippen molar-refractivity contribution in [2.24, 2.45) is 11.1 Å². The highest BCUT2D eigenvalue weighted by Crippen LogP contribution is 2.18. The van der Waals surface area contributed by atoms with E-state index < -0.39 is 0 Å². The van der Waals surface area contributed by atoms with E-state index in [2.05, 4.69) is 20.8 Å². The third-order valence-electron chi connectivity index (χ3n) is 2.29. The van der Waals surface area contributed by atoms with E-state index in [-0.39, 0.29) is 23.9 Å². The van der Waals surface area contributed by atoms with Crippen LogP contribution in [0.15, 0.2) is 30.3 Å². The average molecular weight is 230 g/mol. The summed E-state index contributed by atoms with van der Waals surface area (Å²) in [5, 5.41) is 0. The lowest BCUT2D eigenvalue weighted by molar-refractivity contribution is 0.205. The third kappa shape index (κ3) is 5.05. The van der Waals surface area contributed by atoms with Crippen LogP contribution in [0, 0.1) is 5.41 Å². The molecule has 15 heavy (non-hydrogen) atoms. The van der Waals surface area contributed by atoms with Crippen LogP contribution in [-0.4, -0.2) is 12.6 Å². The molecule has 3 heteroatoms. The Balaban J connectivity index is 0.00000196. The van der Waals surface area contributed by atoms with Crippen molar-refractivity contribution in [1.29, 1.82) is 0 Å². The van der Waals surface area contributed by atoms with Gasteiger partial charge in [0.2, 0.25) is 0 Å². The summed E-state index contributed by atoms with van der Waals surface area (Å²) in [4.78, 5) is 0. The monoisotopic (exact) mass is 229 g/mol. The van der Waals surface area contributed by atoms with Crippen molar-refractivity contribution in [2.45, 2.75) is 26.8 Å². The van der Waals surface area contributed by atoms with E-state index in [1.807, 2.05) is 30.3 Å². The molecular formula is C12H20ClNO.